The highest BCUT2D eigenvalue weighted by atomic mass is 16.2. The average molecular weight is 431 g/mol. The first kappa shape index (κ1) is 23.0. The maximum atomic E-state index is 13.4. The lowest BCUT2D eigenvalue weighted by molar-refractivity contribution is -0.144. The molecule has 0 unspecified atom stereocenters. The molecular weight excluding hydrogens is 400 g/mol. The number of rotatable bonds is 8. The second-order valence-electron chi connectivity index (χ2n) is 8.46. The number of amides is 2. The van der Waals surface area contributed by atoms with Gasteiger partial charge in [-0.3, -0.25) is 14.6 Å². The summed E-state index contributed by atoms with van der Waals surface area (Å²) in [4.78, 5) is 34.4. The van der Waals surface area contributed by atoms with Crippen molar-refractivity contribution < 1.29 is 9.59 Å². The van der Waals surface area contributed by atoms with Crippen molar-refractivity contribution in [1.29, 1.82) is 0 Å². The van der Waals surface area contributed by atoms with Gasteiger partial charge in [-0.05, 0) is 55.3 Å². The number of benzene rings is 2. The zero-order chi connectivity index (χ0) is 23.1. The van der Waals surface area contributed by atoms with E-state index < -0.39 is 5.54 Å². The topological polar surface area (TPSA) is 65.5 Å². The minimum Gasteiger partial charge on any atom is -0.378 e. The maximum Gasteiger partial charge on any atom is 0.249 e. The third-order valence-corrected chi connectivity index (χ3v) is 5.43. The molecule has 0 spiro atoms. The van der Waals surface area contributed by atoms with Gasteiger partial charge in [-0.1, -0.05) is 36.4 Å². The second kappa shape index (κ2) is 10.1. The molecule has 0 aliphatic rings. The number of carbonyl (C=O) groups is 2. The van der Waals surface area contributed by atoms with Crippen LogP contribution in [0.3, 0.4) is 0 Å². The van der Waals surface area contributed by atoms with E-state index in [0.717, 1.165) is 16.8 Å². The number of pyridine rings is 1. The lowest BCUT2D eigenvalue weighted by Gasteiger charge is -2.37. The van der Waals surface area contributed by atoms with E-state index in [1.165, 1.54) is 0 Å². The molecule has 1 heterocycles. The normalized spacial score (nSPS) is 11.0. The van der Waals surface area contributed by atoms with Gasteiger partial charge in [-0.15, -0.1) is 0 Å². The number of aromatic nitrogens is 1. The van der Waals surface area contributed by atoms with Crippen LogP contribution < -0.4 is 10.2 Å². The Morgan fingerprint density at radius 2 is 1.56 bits per heavy atom. The van der Waals surface area contributed by atoms with E-state index in [1.54, 1.807) is 31.1 Å². The minimum atomic E-state index is -1.08. The molecule has 0 aliphatic heterocycles. The van der Waals surface area contributed by atoms with Gasteiger partial charge in [-0.25, -0.2) is 0 Å². The van der Waals surface area contributed by atoms with Crippen LogP contribution in [0.15, 0.2) is 79.1 Å². The quantitative estimate of drug-likeness (QED) is 0.583. The summed E-state index contributed by atoms with van der Waals surface area (Å²) >= 11 is 0. The number of anilines is 2. The van der Waals surface area contributed by atoms with Gasteiger partial charge in [0.05, 0.1) is 6.42 Å². The first-order chi connectivity index (χ1) is 15.3. The van der Waals surface area contributed by atoms with E-state index >= 15 is 0 Å². The average Bonchev–Trinajstić information content (AvgIpc) is 2.79. The summed E-state index contributed by atoms with van der Waals surface area (Å²) in [6, 6.07) is 20.9. The van der Waals surface area contributed by atoms with Crippen molar-refractivity contribution in [3.8, 4) is 0 Å². The monoisotopic (exact) mass is 430 g/mol. The summed E-state index contributed by atoms with van der Waals surface area (Å²) in [6.45, 7) is 3.84. The summed E-state index contributed by atoms with van der Waals surface area (Å²) in [5.41, 5.74) is 2.42. The van der Waals surface area contributed by atoms with Gasteiger partial charge >= 0.3 is 0 Å². The molecule has 1 aromatic heterocycles. The number of carbonyl (C=O) groups excluding carboxylic acids is 2. The Bertz CT molecular complexity index is 1030. The second-order valence-corrected chi connectivity index (χ2v) is 8.46. The van der Waals surface area contributed by atoms with Crippen LogP contribution in [-0.2, 0) is 22.6 Å². The predicted molar refractivity (Wildman–Crippen MR) is 128 cm³/mol. The Hall–Kier alpha value is -3.67. The SMILES string of the molecule is CN(C)c1ccc(NC(=O)C(C)(C)N(Cc2cccnc2)C(=O)Cc2ccccc2)cc1. The number of hydrogen-bond acceptors (Lipinski definition) is 4. The Morgan fingerprint density at radius 1 is 0.906 bits per heavy atom. The fourth-order valence-electron chi connectivity index (χ4n) is 3.39. The van der Waals surface area contributed by atoms with Crippen LogP contribution in [0, 0.1) is 0 Å². The molecule has 0 fully saturated rings. The van der Waals surface area contributed by atoms with Crippen molar-refractivity contribution in [2.45, 2.75) is 32.4 Å². The van der Waals surface area contributed by atoms with Crippen LogP contribution in [0.1, 0.15) is 25.0 Å². The molecule has 32 heavy (non-hydrogen) atoms. The molecule has 6 heteroatoms. The Balaban J connectivity index is 1.83. The zero-order valence-electron chi connectivity index (χ0n) is 19.1. The Morgan fingerprint density at radius 3 is 2.16 bits per heavy atom. The van der Waals surface area contributed by atoms with E-state index in [9.17, 15) is 9.59 Å². The van der Waals surface area contributed by atoms with Crippen LogP contribution in [0.4, 0.5) is 11.4 Å². The number of hydrogen-bond donors (Lipinski definition) is 1. The first-order valence-corrected chi connectivity index (χ1v) is 10.6. The first-order valence-electron chi connectivity index (χ1n) is 10.6. The highest BCUT2D eigenvalue weighted by molar-refractivity contribution is 6.00. The van der Waals surface area contributed by atoms with Crippen molar-refractivity contribution in [1.82, 2.24) is 9.88 Å². The summed E-state index contributed by atoms with van der Waals surface area (Å²) in [5, 5.41) is 2.97. The van der Waals surface area contributed by atoms with Gasteiger partial charge in [0.1, 0.15) is 5.54 Å². The van der Waals surface area contributed by atoms with Crippen molar-refractivity contribution in [2.24, 2.45) is 0 Å². The van der Waals surface area contributed by atoms with Crippen molar-refractivity contribution in [2.75, 3.05) is 24.3 Å². The molecule has 0 bridgehead atoms. The summed E-state index contributed by atoms with van der Waals surface area (Å²) in [5.74, 6) is -0.372. The highest BCUT2D eigenvalue weighted by Gasteiger charge is 2.38. The summed E-state index contributed by atoms with van der Waals surface area (Å²) < 4.78 is 0. The van der Waals surface area contributed by atoms with Crippen molar-refractivity contribution in [3.05, 3.63) is 90.3 Å². The molecule has 3 rings (SSSR count). The molecule has 0 radical (unpaired) electrons. The fraction of sp³-hybridized carbons (Fsp3) is 0.269. The van der Waals surface area contributed by atoms with Crippen LogP contribution in [-0.4, -0.2) is 41.3 Å². The zero-order valence-corrected chi connectivity index (χ0v) is 19.1. The van der Waals surface area contributed by atoms with Gasteiger partial charge in [-0.2, -0.15) is 0 Å². The minimum absolute atomic E-state index is 0.122. The van der Waals surface area contributed by atoms with Gasteiger partial charge in [0.15, 0.2) is 0 Å². The lowest BCUT2D eigenvalue weighted by atomic mass is 9.98. The van der Waals surface area contributed by atoms with E-state index in [2.05, 4.69) is 10.3 Å². The fourth-order valence-corrected chi connectivity index (χ4v) is 3.39. The molecule has 0 saturated heterocycles. The number of nitrogens with zero attached hydrogens (tertiary/aromatic N) is 3. The van der Waals surface area contributed by atoms with Crippen molar-refractivity contribution in [3.63, 3.8) is 0 Å². The van der Waals surface area contributed by atoms with Gasteiger partial charge in [0.2, 0.25) is 11.8 Å². The molecule has 166 valence electrons. The highest BCUT2D eigenvalue weighted by Crippen LogP contribution is 2.23. The Labute approximate surface area is 189 Å². The largest absolute Gasteiger partial charge is 0.378 e. The third-order valence-electron chi connectivity index (χ3n) is 5.43. The molecule has 0 atom stereocenters. The lowest BCUT2D eigenvalue weighted by Crippen LogP contribution is -2.55. The maximum absolute atomic E-state index is 13.4. The Kier molecular flexibility index (Phi) is 7.25. The standard InChI is InChI=1S/C26H30N4O2/c1-26(2,25(32)28-22-12-14-23(15-13-22)29(3)4)30(19-21-11-8-16-27-18-21)24(31)17-20-9-6-5-7-10-20/h5-16,18H,17,19H2,1-4H3,(H,28,32). The van der Waals surface area contributed by atoms with Gasteiger partial charge in [0, 0.05) is 44.4 Å². The van der Waals surface area contributed by atoms with E-state index in [1.807, 2.05) is 85.7 Å². The van der Waals surface area contributed by atoms with Crippen molar-refractivity contribution >= 4 is 23.2 Å². The molecule has 0 aliphatic carbocycles. The molecule has 1 N–H and O–H groups in total. The summed E-state index contributed by atoms with van der Waals surface area (Å²) in [6.07, 6.45) is 3.63. The van der Waals surface area contributed by atoms with E-state index in [4.69, 9.17) is 0 Å². The van der Waals surface area contributed by atoms with E-state index in [-0.39, 0.29) is 18.2 Å². The van der Waals surface area contributed by atoms with Crippen LogP contribution in [0.25, 0.3) is 0 Å². The molecule has 0 saturated carbocycles. The van der Waals surface area contributed by atoms with Gasteiger partial charge < -0.3 is 15.1 Å². The van der Waals surface area contributed by atoms with Crippen LogP contribution in [0.2, 0.25) is 0 Å². The van der Waals surface area contributed by atoms with Crippen LogP contribution >= 0.6 is 0 Å². The number of nitrogens with one attached hydrogen (secondary N) is 1. The molecule has 3 aromatic rings. The van der Waals surface area contributed by atoms with E-state index in [0.29, 0.717) is 12.2 Å². The molecular formula is C26H30N4O2. The summed E-state index contributed by atoms with van der Waals surface area (Å²) in [7, 11) is 3.93. The van der Waals surface area contributed by atoms with Gasteiger partial charge in [0.25, 0.3) is 0 Å². The molecule has 6 nitrogen and oxygen atoms in total. The van der Waals surface area contributed by atoms with Crippen LogP contribution in [0.5, 0.6) is 0 Å². The smallest absolute Gasteiger partial charge is 0.249 e. The third kappa shape index (κ3) is 5.72. The molecule has 2 aromatic carbocycles. The molecule has 2 amide bonds. The predicted octanol–water partition coefficient (Wildman–Crippen LogP) is 4.14.